The Morgan fingerprint density at radius 2 is 1.17 bits per heavy atom. The summed E-state index contributed by atoms with van der Waals surface area (Å²) in [4.78, 5) is -0.489. The van der Waals surface area contributed by atoms with E-state index >= 15 is 0 Å². The fraction of sp³-hybridized carbons (Fsp3) is 0.379. The topological polar surface area (TPSA) is 127 Å². The molecule has 0 bridgehead atoms. The summed E-state index contributed by atoms with van der Waals surface area (Å²) in [6.07, 6.45) is 1.42. The average Bonchev–Trinajstić information content (AvgIpc) is 2.82. The molecular formula is C29H40N2O7S3Si. The zero-order valence-electron chi connectivity index (χ0n) is 25.2. The fourth-order valence-corrected chi connectivity index (χ4v) is 14.3. The summed E-state index contributed by atoms with van der Waals surface area (Å²) >= 11 is 0. The predicted octanol–water partition coefficient (Wildman–Crippen LogP) is 3.57. The van der Waals surface area contributed by atoms with Gasteiger partial charge >= 0.3 is 0 Å². The Hall–Kier alpha value is -2.55. The van der Waals surface area contributed by atoms with Crippen molar-refractivity contribution in [1.29, 1.82) is 0 Å². The standard InChI is InChI=1S/C29H40N2O7S3Si/c1-28(2,3)30-41(36,37)27-21-23(19-20-26(27)31(39(7,32)33)40(8,34)35)22-38-42(29(4,5)6,24-15-11-9-12-16-24)25-17-13-10-14-18-25/h9-21,30H,22H2,1-8H3. The molecule has 3 aromatic carbocycles. The van der Waals surface area contributed by atoms with E-state index in [1.165, 1.54) is 18.2 Å². The van der Waals surface area contributed by atoms with Crippen molar-refractivity contribution in [3.8, 4) is 0 Å². The van der Waals surface area contributed by atoms with Crippen LogP contribution in [0.1, 0.15) is 47.1 Å². The van der Waals surface area contributed by atoms with Crippen LogP contribution in [0.5, 0.6) is 0 Å². The lowest BCUT2D eigenvalue weighted by Gasteiger charge is -2.43. The zero-order chi connectivity index (χ0) is 31.8. The van der Waals surface area contributed by atoms with Crippen molar-refractivity contribution in [3.05, 3.63) is 84.4 Å². The molecule has 3 aromatic rings. The molecule has 1 N–H and O–H groups in total. The Kier molecular flexibility index (Phi) is 9.58. The van der Waals surface area contributed by atoms with Gasteiger partial charge in [-0.05, 0) is 53.9 Å². The van der Waals surface area contributed by atoms with Crippen LogP contribution in [0.4, 0.5) is 5.69 Å². The van der Waals surface area contributed by atoms with E-state index < -0.39 is 54.5 Å². The highest BCUT2D eigenvalue weighted by molar-refractivity contribution is 8.09. The smallest absolute Gasteiger partial charge is 0.261 e. The lowest BCUT2D eigenvalue weighted by atomic mass is 10.1. The van der Waals surface area contributed by atoms with Crippen LogP contribution in [0, 0.1) is 0 Å². The SMILES string of the molecule is CC(C)(C)NS(=O)(=O)c1cc(CO[Si](c2ccccc2)(c2ccccc2)C(C)(C)C)ccc1N(S(C)(=O)=O)S(C)(=O)=O. The first-order valence-corrected chi connectivity index (χ1v) is 20.3. The van der Waals surface area contributed by atoms with Crippen LogP contribution >= 0.6 is 0 Å². The van der Waals surface area contributed by atoms with E-state index in [1.807, 2.05) is 60.7 Å². The first-order chi connectivity index (χ1) is 19.1. The van der Waals surface area contributed by atoms with Gasteiger partial charge in [0.25, 0.3) is 8.32 Å². The van der Waals surface area contributed by atoms with Gasteiger partial charge in [-0.1, -0.05) is 87.5 Å². The predicted molar refractivity (Wildman–Crippen MR) is 171 cm³/mol. The average molecular weight is 653 g/mol. The number of rotatable bonds is 10. The maximum atomic E-state index is 13.6. The maximum absolute atomic E-state index is 13.6. The monoisotopic (exact) mass is 652 g/mol. The van der Waals surface area contributed by atoms with Gasteiger partial charge < -0.3 is 4.43 Å². The van der Waals surface area contributed by atoms with Crippen molar-refractivity contribution in [1.82, 2.24) is 4.72 Å². The van der Waals surface area contributed by atoms with E-state index in [4.69, 9.17) is 4.43 Å². The molecule has 3 rings (SSSR count). The molecule has 0 heterocycles. The van der Waals surface area contributed by atoms with Crippen LogP contribution in [0.15, 0.2) is 83.8 Å². The van der Waals surface area contributed by atoms with Crippen molar-refractivity contribution < 1.29 is 29.7 Å². The Morgan fingerprint density at radius 3 is 1.55 bits per heavy atom. The van der Waals surface area contributed by atoms with Crippen molar-refractivity contribution in [2.45, 2.75) is 63.6 Å². The second-order valence-corrected chi connectivity index (χ2v) is 22.2. The molecule has 0 unspecified atom stereocenters. The van der Waals surface area contributed by atoms with Crippen molar-refractivity contribution in [2.24, 2.45) is 0 Å². The van der Waals surface area contributed by atoms with E-state index in [9.17, 15) is 25.3 Å². The third-order valence-electron chi connectivity index (χ3n) is 6.43. The quantitative estimate of drug-likeness (QED) is 0.332. The molecule has 0 aromatic heterocycles. The lowest BCUT2D eigenvalue weighted by molar-refractivity contribution is 0.286. The second-order valence-electron chi connectivity index (χ2n) is 12.3. The Labute approximate surface area is 252 Å². The minimum absolute atomic E-state index is 0.0106. The van der Waals surface area contributed by atoms with Gasteiger partial charge in [-0.2, -0.15) is 3.71 Å². The number of hydrogen-bond donors (Lipinski definition) is 1. The van der Waals surface area contributed by atoms with E-state index in [-0.39, 0.29) is 15.4 Å². The van der Waals surface area contributed by atoms with Crippen LogP contribution < -0.4 is 18.8 Å². The van der Waals surface area contributed by atoms with Crippen molar-refractivity contribution in [3.63, 3.8) is 0 Å². The summed E-state index contributed by atoms with van der Waals surface area (Å²) < 4.78 is 87.3. The number of benzene rings is 3. The first kappa shape index (κ1) is 33.9. The molecule has 13 heteroatoms. The molecule has 0 radical (unpaired) electrons. The Morgan fingerprint density at radius 1 is 0.714 bits per heavy atom. The third-order valence-corrected chi connectivity index (χ3v) is 16.4. The Balaban J connectivity index is 2.26. The van der Waals surface area contributed by atoms with Gasteiger partial charge in [0.1, 0.15) is 4.90 Å². The van der Waals surface area contributed by atoms with Crippen molar-refractivity contribution in [2.75, 3.05) is 16.2 Å². The summed E-state index contributed by atoms with van der Waals surface area (Å²) in [5, 5.41) is 1.72. The molecule has 0 saturated carbocycles. The molecule has 230 valence electrons. The lowest BCUT2D eigenvalue weighted by Crippen LogP contribution is -2.66. The molecule has 0 aliphatic heterocycles. The zero-order valence-corrected chi connectivity index (χ0v) is 28.7. The summed E-state index contributed by atoms with van der Waals surface area (Å²) in [5.74, 6) is 0. The molecule has 0 aliphatic rings. The molecular weight excluding hydrogens is 613 g/mol. The van der Waals surface area contributed by atoms with E-state index in [0.29, 0.717) is 18.1 Å². The number of sulfonamides is 3. The van der Waals surface area contributed by atoms with Crippen LogP contribution in [-0.4, -0.2) is 51.6 Å². The molecule has 42 heavy (non-hydrogen) atoms. The van der Waals surface area contributed by atoms with E-state index in [0.717, 1.165) is 10.4 Å². The van der Waals surface area contributed by atoms with E-state index in [1.54, 1.807) is 20.8 Å². The van der Waals surface area contributed by atoms with Gasteiger partial charge in [0.2, 0.25) is 30.1 Å². The summed E-state index contributed by atoms with van der Waals surface area (Å²) in [7, 11) is -16.2. The number of anilines is 1. The molecule has 0 fully saturated rings. The number of nitrogens with one attached hydrogen (secondary N) is 1. The largest absolute Gasteiger partial charge is 0.403 e. The summed E-state index contributed by atoms with van der Waals surface area (Å²) in [6.45, 7) is 11.2. The molecule has 0 spiro atoms. The second kappa shape index (κ2) is 11.9. The highest BCUT2D eigenvalue weighted by Gasteiger charge is 2.50. The highest BCUT2D eigenvalue weighted by atomic mass is 32.3. The van der Waals surface area contributed by atoms with Crippen LogP contribution in [0.3, 0.4) is 0 Å². The number of hydrogen-bond acceptors (Lipinski definition) is 7. The van der Waals surface area contributed by atoms with Crippen LogP contribution in [0.2, 0.25) is 5.04 Å². The van der Waals surface area contributed by atoms with Crippen LogP contribution in [0.25, 0.3) is 0 Å². The normalized spacial score (nSPS) is 13.6. The van der Waals surface area contributed by atoms with Gasteiger partial charge in [-0.3, -0.25) is 0 Å². The van der Waals surface area contributed by atoms with Gasteiger partial charge in [0.15, 0.2) is 0 Å². The third kappa shape index (κ3) is 7.50. The molecule has 0 saturated heterocycles. The van der Waals surface area contributed by atoms with Gasteiger partial charge in [0, 0.05) is 5.54 Å². The van der Waals surface area contributed by atoms with Crippen molar-refractivity contribution >= 4 is 54.4 Å². The summed E-state index contributed by atoms with van der Waals surface area (Å²) in [6, 6.07) is 23.8. The van der Waals surface area contributed by atoms with Gasteiger partial charge in [-0.25, -0.2) is 30.0 Å². The molecule has 0 aliphatic carbocycles. The highest BCUT2D eigenvalue weighted by Crippen LogP contribution is 2.38. The minimum atomic E-state index is -4.41. The van der Waals surface area contributed by atoms with Crippen LogP contribution in [-0.2, 0) is 41.1 Å². The Bertz CT molecular complexity index is 1660. The maximum Gasteiger partial charge on any atom is 0.261 e. The molecule has 0 amide bonds. The summed E-state index contributed by atoms with van der Waals surface area (Å²) in [5.41, 5.74) is -0.993. The molecule has 0 atom stereocenters. The number of nitrogens with zero attached hydrogens (tertiary/aromatic N) is 1. The fourth-order valence-electron chi connectivity index (χ4n) is 5.03. The van der Waals surface area contributed by atoms with E-state index in [2.05, 4.69) is 25.5 Å². The van der Waals surface area contributed by atoms with Gasteiger partial charge in [0.05, 0.1) is 24.8 Å². The molecule has 9 nitrogen and oxygen atoms in total. The first-order valence-electron chi connectivity index (χ1n) is 13.2. The van der Waals surface area contributed by atoms with Gasteiger partial charge in [-0.15, -0.1) is 0 Å². The minimum Gasteiger partial charge on any atom is -0.403 e.